The lowest BCUT2D eigenvalue weighted by molar-refractivity contribution is 0.483. The van der Waals surface area contributed by atoms with E-state index in [1.165, 1.54) is 12.1 Å². The molecule has 0 N–H and O–H groups in total. The van der Waals surface area contributed by atoms with Gasteiger partial charge in [-0.1, -0.05) is 64.1 Å². The molecule has 1 nitrogen and oxygen atoms in total. The topological polar surface area (TPSA) is 9.23 Å². The van der Waals surface area contributed by atoms with Crippen molar-refractivity contribution in [3.05, 3.63) is 55.4 Å². The van der Waals surface area contributed by atoms with Gasteiger partial charge in [-0.25, -0.2) is 0 Å². The molecule has 0 unspecified atom stereocenters. The first-order chi connectivity index (χ1) is 8.49. The van der Waals surface area contributed by atoms with E-state index >= 15 is 0 Å². The molecule has 0 aliphatic carbocycles. The van der Waals surface area contributed by atoms with Crippen LogP contribution in [-0.2, 0) is 0 Å². The first-order valence-electron chi connectivity index (χ1n) is 4.75. The monoisotopic (exact) mass is 340 g/mol. The molecule has 18 heavy (non-hydrogen) atoms. The molecular weight excluding hydrogens is 337 g/mol. The molecule has 0 spiro atoms. The Bertz CT molecular complexity index is 577. The van der Waals surface area contributed by atoms with E-state index in [0.717, 1.165) is 0 Å². The number of hydrogen-bond donors (Lipinski definition) is 0. The summed E-state index contributed by atoms with van der Waals surface area (Å²) >= 11 is 29.8. The van der Waals surface area contributed by atoms with E-state index in [0.29, 0.717) is 31.6 Å². The van der Waals surface area contributed by atoms with Gasteiger partial charge in [-0.05, 0) is 18.2 Å². The Morgan fingerprint density at radius 1 is 0.778 bits per heavy atom. The molecule has 0 fully saturated rings. The second-order valence-electron chi connectivity index (χ2n) is 3.35. The summed E-state index contributed by atoms with van der Waals surface area (Å²) in [5.74, 6) is 0.602. The van der Waals surface area contributed by atoms with Crippen molar-refractivity contribution in [3.63, 3.8) is 0 Å². The van der Waals surface area contributed by atoms with Crippen molar-refractivity contribution in [3.8, 4) is 11.5 Å². The van der Waals surface area contributed by atoms with Crippen molar-refractivity contribution in [2.75, 3.05) is 0 Å². The molecule has 94 valence electrons. The zero-order valence-corrected chi connectivity index (χ0v) is 12.5. The summed E-state index contributed by atoms with van der Waals surface area (Å²) in [5.41, 5.74) is 0. The highest BCUT2D eigenvalue weighted by molar-refractivity contribution is 6.44. The van der Waals surface area contributed by atoms with Gasteiger partial charge in [0.15, 0.2) is 5.75 Å². The van der Waals surface area contributed by atoms with Crippen LogP contribution in [0.1, 0.15) is 0 Å². The number of rotatable bonds is 2. The number of benzene rings is 2. The summed E-state index contributed by atoms with van der Waals surface area (Å²) in [4.78, 5) is 0. The molecule has 0 saturated heterocycles. The molecule has 0 aromatic heterocycles. The predicted octanol–water partition coefficient (Wildman–Crippen LogP) is 6.75. The largest absolute Gasteiger partial charge is 0.453 e. The van der Waals surface area contributed by atoms with Crippen molar-refractivity contribution in [1.82, 2.24) is 0 Å². The summed E-state index contributed by atoms with van der Waals surface area (Å²) in [5, 5.41) is 1.69. The Hall–Kier alpha value is -0.310. The minimum Gasteiger partial charge on any atom is -0.453 e. The molecule has 0 aliphatic heterocycles. The molecule has 0 amide bonds. The average Bonchev–Trinajstić information content (AvgIpc) is 2.30. The quantitative estimate of drug-likeness (QED) is 0.549. The molecule has 0 aliphatic rings. The number of para-hydroxylation sites is 1. The van der Waals surface area contributed by atoms with Crippen LogP contribution in [0.4, 0.5) is 0 Å². The minimum atomic E-state index is 0.247. The van der Waals surface area contributed by atoms with E-state index in [1.54, 1.807) is 18.2 Å². The summed E-state index contributed by atoms with van der Waals surface area (Å²) < 4.78 is 5.57. The Labute approximate surface area is 129 Å². The van der Waals surface area contributed by atoms with Crippen molar-refractivity contribution in [2.24, 2.45) is 0 Å². The molecule has 2 rings (SSSR count). The van der Waals surface area contributed by atoms with E-state index in [4.69, 9.17) is 62.7 Å². The summed E-state index contributed by atoms with van der Waals surface area (Å²) in [7, 11) is 0. The third-order valence-electron chi connectivity index (χ3n) is 2.09. The van der Waals surface area contributed by atoms with Crippen LogP contribution in [0, 0.1) is 0 Å². The Balaban J connectivity index is 2.46. The molecule has 0 atom stereocenters. The Morgan fingerprint density at radius 2 is 1.39 bits per heavy atom. The minimum absolute atomic E-state index is 0.247. The number of ether oxygens (including phenoxy) is 1. The second kappa shape index (κ2) is 5.77. The molecule has 2 aromatic carbocycles. The SMILES string of the molecule is Clc1cc(Cl)c(Cl)c(Oc2c(Cl)cccc2Cl)c1. The van der Waals surface area contributed by atoms with Crippen LogP contribution >= 0.6 is 58.0 Å². The second-order valence-corrected chi connectivity index (χ2v) is 5.39. The van der Waals surface area contributed by atoms with Gasteiger partial charge in [0.2, 0.25) is 0 Å². The lowest BCUT2D eigenvalue weighted by Gasteiger charge is -2.11. The van der Waals surface area contributed by atoms with E-state index < -0.39 is 0 Å². The number of hydrogen-bond acceptors (Lipinski definition) is 1. The average molecular weight is 342 g/mol. The maximum absolute atomic E-state index is 6.02. The maximum atomic E-state index is 6.02. The van der Waals surface area contributed by atoms with Gasteiger partial charge >= 0.3 is 0 Å². The van der Waals surface area contributed by atoms with Gasteiger partial charge in [-0.2, -0.15) is 0 Å². The van der Waals surface area contributed by atoms with Crippen LogP contribution in [0.5, 0.6) is 11.5 Å². The zero-order chi connectivity index (χ0) is 13.3. The van der Waals surface area contributed by atoms with E-state index in [9.17, 15) is 0 Å². The lowest BCUT2D eigenvalue weighted by atomic mass is 10.3. The van der Waals surface area contributed by atoms with Crippen LogP contribution in [0.2, 0.25) is 25.1 Å². The molecule has 6 heteroatoms. The highest BCUT2D eigenvalue weighted by Gasteiger charge is 2.13. The van der Waals surface area contributed by atoms with E-state index in [1.807, 2.05) is 0 Å². The van der Waals surface area contributed by atoms with E-state index in [-0.39, 0.29) is 5.02 Å². The van der Waals surface area contributed by atoms with Crippen molar-refractivity contribution in [2.45, 2.75) is 0 Å². The fraction of sp³-hybridized carbons (Fsp3) is 0. The first kappa shape index (κ1) is 14.1. The molecular formula is C12H5Cl5O. The van der Waals surface area contributed by atoms with Crippen molar-refractivity contribution < 1.29 is 4.74 Å². The van der Waals surface area contributed by atoms with Crippen LogP contribution < -0.4 is 4.74 Å². The van der Waals surface area contributed by atoms with E-state index in [2.05, 4.69) is 0 Å². The lowest BCUT2D eigenvalue weighted by Crippen LogP contribution is -1.88. The first-order valence-corrected chi connectivity index (χ1v) is 6.64. The van der Waals surface area contributed by atoms with Gasteiger partial charge in [0.1, 0.15) is 10.8 Å². The van der Waals surface area contributed by atoms with Gasteiger partial charge in [-0.15, -0.1) is 0 Å². The predicted molar refractivity (Wildman–Crippen MR) is 78.0 cm³/mol. The molecule has 0 bridgehead atoms. The summed E-state index contributed by atoms with van der Waals surface area (Å²) in [6.45, 7) is 0. The fourth-order valence-electron chi connectivity index (χ4n) is 1.30. The van der Waals surface area contributed by atoms with Gasteiger partial charge < -0.3 is 4.74 Å². The van der Waals surface area contributed by atoms with Crippen LogP contribution in [-0.4, -0.2) is 0 Å². The maximum Gasteiger partial charge on any atom is 0.164 e. The van der Waals surface area contributed by atoms with Crippen LogP contribution in [0.25, 0.3) is 0 Å². The smallest absolute Gasteiger partial charge is 0.164 e. The zero-order valence-electron chi connectivity index (χ0n) is 8.68. The molecule has 0 saturated carbocycles. The molecule has 0 heterocycles. The summed E-state index contributed by atoms with van der Waals surface area (Å²) in [6, 6.07) is 8.08. The Morgan fingerprint density at radius 3 is 2.00 bits per heavy atom. The fourth-order valence-corrected chi connectivity index (χ4v) is 2.39. The van der Waals surface area contributed by atoms with Gasteiger partial charge in [0, 0.05) is 11.1 Å². The van der Waals surface area contributed by atoms with Crippen molar-refractivity contribution >= 4 is 58.0 Å². The van der Waals surface area contributed by atoms with Gasteiger partial charge in [0.05, 0.1) is 15.1 Å². The third-order valence-corrected chi connectivity index (χ3v) is 3.69. The highest BCUT2D eigenvalue weighted by atomic mass is 35.5. The van der Waals surface area contributed by atoms with Crippen molar-refractivity contribution in [1.29, 1.82) is 0 Å². The Kier molecular flexibility index (Phi) is 4.52. The van der Waals surface area contributed by atoms with Crippen LogP contribution in [0.15, 0.2) is 30.3 Å². The van der Waals surface area contributed by atoms with Crippen LogP contribution in [0.3, 0.4) is 0 Å². The molecule has 2 aromatic rings. The standard InChI is InChI=1S/C12H5Cl5O/c13-6-4-9(16)11(17)10(5-6)18-12-7(14)2-1-3-8(12)15/h1-5H. The molecule has 0 radical (unpaired) electrons. The van der Waals surface area contributed by atoms with Gasteiger partial charge in [0.25, 0.3) is 0 Å². The van der Waals surface area contributed by atoms with Gasteiger partial charge in [-0.3, -0.25) is 0 Å². The normalized spacial score (nSPS) is 10.5. The highest BCUT2D eigenvalue weighted by Crippen LogP contribution is 2.41. The number of halogens is 5. The third kappa shape index (κ3) is 2.98. The summed E-state index contributed by atoms with van der Waals surface area (Å²) in [6.07, 6.45) is 0.